The van der Waals surface area contributed by atoms with Crippen LogP contribution in [0.1, 0.15) is 24.1 Å². The molecule has 3 N–H and O–H groups in total. The van der Waals surface area contributed by atoms with Crippen LogP contribution >= 0.6 is 0 Å². The third-order valence-electron chi connectivity index (χ3n) is 5.81. The number of amides is 1. The molecule has 4 rings (SSSR count). The molecular formula is C25H28N4O3. The van der Waals surface area contributed by atoms with E-state index < -0.39 is 12.0 Å². The number of nitrogens with one attached hydrogen (secondary N) is 2. The van der Waals surface area contributed by atoms with Crippen LogP contribution in [0.4, 0.5) is 5.69 Å². The highest BCUT2D eigenvalue weighted by atomic mass is 16.4. The SMILES string of the molecule is CC(=O)Nc1ccc2c(C(C(=O)O)N3CCN(CC=Cc4ccccc4)CC3)c[nH]c2c1. The number of carboxylic acid groups (broad SMARTS) is 1. The first-order chi connectivity index (χ1) is 15.5. The Morgan fingerprint density at radius 3 is 2.56 bits per heavy atom. The zero-order valence-electron chi connectivity index (χ0n) is 18.1. The second kappa shape index (κ2) is 9.80. The van der Waals surface area contributed by atoms with Gasteiger partial charge in [-0.2, -0.15) is 0 Å². The maximum atomic E-state index is 12.2. The Morgan fingerprint density at radius 1 is 1.12 bits per heavy atom. The normalized spacial score (nSPS) is 16.4. The molecule has 0 radical (unpaired) electrons. The molecule has 0 saturated carbocycles. The number of aromatic amines is 1. The zero-order chi connectivity index (χ0) is 22.5. The molecule has 2 aromatic carbocycles. The van der Waals surface area contributed by atoms with Gasteiger partial charge in [-0.1, -0.05) is 48.6 Å². The van der Waals surface area contributed by atoms with E-state index in [2.05, 4.69) is 39.5 Å². The van der Waals surface area contributed by atoms with E-state index in [0.717, 1.165) is 36.1 Å². The molecule has 0 aliphatic carbocycles. The maximum absolute atomic E-state index is 12.2. The molecule has 32 heavy (non-hydrogen) atoms. The highest BCUT2D eigenvalue weighted by Gasteiger charge is 2.31. The molecule has 1 aliphatic rings. The van der Waals surface area contributed by atoms with Gasteiger partial charge in [0.05, 0.1) is 0 Å². The molecule has 0 spiro atoms. The Bertz CT molecular complexity index is 1110. The van der Waals surface area contributed by atoms with Crippen molar-refractivity contribution in [2.75, 3.05) is 38.0 Å². The first-order valence-corrected chi connectivity index (χ1v) is 10.8. The summed E-state index contributed by atoms with van der Waals surface area (Å²) in [5, 5.41) is 13.6. The summed E-state index contributed by atoms with van der Waals surface area (Å²) in [5.41, 5.74) is 3.42. The number of hydrogen-bond acceptors (Lipinski definition) is 4. The van der Waals surface area contributed by atoms with Crippen LogP contribution in [-0.4, -0.2) is 64.5 Å². The van der Waals surface area contributed by atoms with E-state index in [1.807, 2.05) is 35.2 Å². The molecule has 1 aliphatic heterocycles. The Hall–Kier alpha value is -3.42. The van der Waals surface area contributed by atoms with Gasteiger partial charge in [-0.15, -0.1) is 0 Å². The van der Waals surface area contributed by atoms with Gasteiger partial charge in [0.25, 0.3) is 0 Å². The molecule has 1 aromatic heterocycles. The molecule has 2 heterocycles. The number of hydrogen-bond donors (Lipinski definition) is 3. The highest BCUT2D eigenvalue weighted by Crippen LogP contribution is 2.31. The summed E-state index contributed by atoms with van der Waals surface area (Å²) in [6, 6.07) is 15.0. The fraction of sp³-hybridized carbons (Fsp3) is 0.280. The lowest BCUT2D eigenvalue weighted by Crippen LogP contribution is -2.49. The van der Waals surface area contributed by atoms with Crippen LogP contribution in [-0.2, 0) is 9.59 Å². The molecule has 1 fully saturated rings. The number of benzene rings is 2. The van der Waals surface area contributed by atoms with E-state index >= 15 is 0 Å². The summed E-state index contributed by atoms with van der Waals surface area (Å²) < 4.78 is 0. The lowest BCUT2D eigenvalue weighted by molar-refractivity contribution is -0.144. The van der Waals surface area contributed by atoms with Crippen molar-refractivity contribution in [2.24, 2.45) is 0 Å². The van der Waals surface area contributed by atoms with Gasteiger partial charge in [0.15, 0.2) is 0 Å². The Kier molecular flexibility index (Phi) is 6.68. The van der Waals surface area contributed by atoms with Gasteiger partial charge in [0.1, 0.15) is 6.04 Å². The van der Waals surface area contributed by atoms with Gasteiger partial charge in [-0.05, 0) is 17.7 Å². The number of fused-ring (bicyclic) bond motifs is 1. The molecule has 0 bridgehead atoms. The average molecular weight is 433 g/mol. The first kappa shape index (κ1) is 21.8. The topological polar surface area (TPSA) is 88.7 Å². The van der Waals surface area contributed by atoms with Crippen molar-refractivity contribution in [1.82, 2.24) is 14.8 Å². The standard InChI is InChI=1S/C25H28N4O3/c1-18(30)27-20-9-10-21-22(17-26-23(21)16-20)24(25(31)32)29-14-12-28(13-15-29)11-5-8-19-6-3-2-4-7-19/h2-10,16-17,24,26H,11-15H2,1H3,(H,27,30)(H,31,32). The van der Waals surface area contributed by atoms with Crippen molar-refractivity contribution < 1.29 is 14.7 Å². The number of carboxylic acids is 1. The number of H-pyrrole nitrogens is 1. The molecule has 1 saturated heterocycles. The van der Waals surface area contributed by atoms with E-state index in [9.17, 15) is 14.7 Å². The van der Waals surface area contributed by atoms with Crippen LogP contribution < -0.4 is 5.32 Å². The number of carbonyl (C=O) groups is 2. The molecule has 3 aromatic rings. The van der Waals surface area contributed by atoms with Gasteiger partial charge in [0, 0.05) is 68.0 Å². The van der Waals surface area contributed by atoms with Gasteiger partial charge >= 0.3 is 5.97 Å². The van der Waals surface area contributed by atoms with Crippen molar-refractivity contribution in [3.63, 3.8) is 0 Å². The van der Waals surface area contributed by atoms with Gasteiger partial charge < -0.3 is 15.4 Å². The number of anilines is 1. The minimum Gasteiger partial charge on any atom is -0.480 e. The summed E-state index contributed by atoms with van der Waals surface area (Å²) >= 11 is 0. The predicted molar refractivity (Wildman–Crippen MR) is 126 cm³/mol. The third kappa shape index (κ3) is 5.07. The van der Waals surface area contributed by atoms with Crippen molar-refractivity contribution in [3.05, 3.63) is 71.9 Å². The largest absolute Gasteiger partial charge is 0.480 e. The zero-order valence-corrected chi connectivity index (χ0v) is 18.1. The molecule has 1 unspecified atom stereocenters. The summed E-state index contributed by atoms with van der Waals surface area (Å²) in [7, 11) is 0. The van der Waals surface area contributed by atoms with E-state index in [4.69, 9.17) is 0 Å². The Labute approximate surface area is 187 Å². The van der Waals surface area contributed by atoms with Crippen molar-refractivity contribution >= 4 is 34.5 Å². The quantitative estimate of drug-likeness (QED) is 0.531. The molecular weight excluding hydrogens is 404 g/mol. The van der Waals surface area contributed by atoms with Crippen molar-refractivity contribution in [1.29, 1.82) is 0 Å². The Morgan fingerprint density at radius 2 is 1.88 bits per heavy atom. The first-order valence-electron chi connectivity index (χ1n) is 10.8. The third-order valence-corrected chi connectivity index (χ3v) is 5.81. The smallest absolute Gasteiger partial charge is 0.325 e. The number of aliphatic carboxylic acids is 1. The number of nitrogens with zero attached hydrogens (tertiary/aromatic N) is 2. The van der Waals surface area contributed by atoms with Crippen LogP contribution in [0.25, 0.3) is 17.0 Å². The molecule has 1 amide bonds. The molecule has 7 heteroatoms. The fourth-order valence-corrected chi connectivity index (χ4v) is 4.25. The van der Waals surface area contributed by atoms with E-state index in [0.29, 0.717) is 18.8 Å². The number of rotatable bonds is 7. The lowest BCUT2D eigenvalue weighted by atomic mass is 10.0. The second-order valence-electron chi connectivity index (χ2n) is 8.08. The van der Waals surface area contributed by atoms with Crippen LogP contribution in [0, 0.1) is 0 Å². The van der Waals surface area contributed by atoms with Gasteiger partial charge in [-0.3, -0.25) is 19.4 Å². The Balaban J connectivity index is 1.42. The minimum absolute atomic E-state index is 0.143. The lowest BCUT2D eigenvalue weighted by Gasteiger charge is -2.37. The highest BCUT2D eigenvalue weighted by molar-refractivity contribution is 5.94. The van der Waals surface area contributed by atoms with E-state index in [1.54, 1.807) is 12.3 Å². The van der Waals surface area contributed by atoms with Gasteiger partial charge in [-0.25, -0.2) is 0 Å². The molecule has 1 atom stereocenters. The minimum atomic E-state index is -0.853. The van der Waals surface area contributed by atoms with E-state index in [-0.39, 0.29) is 5.91 Å². The van der Waals surface area contributed by atoms with Crippen LogP contribution in [0.3, 0.4) is 0 Å². The fourth-order valence-electron chi connectivity index (χ4n) is 4.25. The van der Waals surface area contributed by atoms with E-state index in [1.165, 1.54) is 12.5 Å². The number of piperazine rings is 1. The molecule has 166 valence electrons. The second-order valence-corrected chi connectivity index (χ2v) is 8.08. The number of carbonyl (C=O) groups excluding carboxylic acids is 1. The summed E-state index contributed by atoms with van der Waals surface area (Å²) in [6.07, 6.45) is 6.05. The summed E-state index contributed by atoms with van der Waals surface area (Å²) in [6.45, 7) is 5.32. The van der Waals surface area contributed by atoms with Crippen molar-refractivity contribution in [2.45, 2.75) is 13.0 Å². The monoisotopic (exact) mass is 432 g/mol. The maximum Gasteiger partial charge on any atom is 0.325 e. The summed E-state index contributed by atoms with van der Waals surface area (Å²) in [4.78, 5) is 31.1. The summed E-state index contributed by atoms with van der Waals surface area (Å²) in [5.74, 6) is -0.995. The number of aromatic nitrogens is 1. The van der Waals surface area contributed by atoms with Crippen LogP contribution in [0.5, 0.6) is 0 Å². The van der Waals surface area contributed by atoms with Crippen LogP contribution in [0.2, 0.25) is 0 Å². The predicted octanol–water partition coefficient (Wildman–Crippen LogP) is 3.58. The molecule has 7 nitrogen and oxygen atoms in total. The van der Waals surface area contributed by atoms with Crippen molar-refractivity contribution in [3.8, 4) is 0 Å². The average Bonchev–Trinajstić information content (AvgIpc) is 3.18. The van der Waals surface area contributed by atoms with Gasteiger partial charge in [0.2, 0.25) is 5.91 Å². The van der Waals surface area contributed by atoms with Crippen LogP contribution in [0.15, 0.2) is 60.8 Å².